The van der Waals surface area contributed by atoms with Gasteiger partial charge in [-0.1, -0.05) is 30.3 Å². The molecule has 6 nitrogen and oxygen atoms in total. The number of benzene rings is 1. The normalized spacial score (nSPS) is 23.1. The Morgan fingerprint density at radius 1 is 1.10 bits per heavy atom. The molecule has 0 bridgehead atoms. The third-order valence-corrected chi connectivity index (χ3v) is 6.99. The van der Waals surface area contributed by atoms with E-state index in [0.29, 0.717) is 5.92 Å². The van der Waals surface area contributed by atoms with E-state index in [1.165, 1.54) is 29.4 Å². The first-order valence-corrected chi connectivity index (χ1v) is 11.3. The van der Waals surface area contributed by atoms with E-state index in [1.54, 1.807) is 0 Å². The molecule has 1 saturated carbocycles. The van der Waals surface area contributed by atoms with Gasteiger partial charge >= 0.3 is 0 Å². The number of fused-ring (bicyclic) bond motifs is 2. The van der Waals surface area contributed by atoms with Gasteiger partial charge in [0, 0.05) is 36.3 Å². The second kappa shape index (κ2) is 6.84. The molecule has 0 spiro atoms. The Labute approximate surface area is 182 Å². The highest BCUT2D eigenvalue weighted by atomic mass is 15.3. The second-order valence-electron chi connectivity index (χ2n) is 9.65. The van der Waals surface area contributed by atoms with E-state index in [4.69, 9.17) is 10.7 Å². The molecule has 6 rings (SSSR count). The zero-order valence-corrected chi connectivity index (χ0v) is 18.1. The number of nitrogens with two attached hydrogens (primary N) is 1. The van der Waals surface area contributed by atoms with Gasteiger partial charge in [0.1, 0.15) is 5.69 Å². The maximum absolute atomic E-state index is 6.37. The van der Waals surface area contributed by atoms with Crippen LogP contribution in [0.1, 0.15) is 56.2 Å². The van der Waals surface area contributed by atoms with Crippen molar-refractivity contribution in [3.8, 4) is 11.5 Å². The molecule has 1 aromatic carbocycles. The number of rotatable bonds is 4. The SMILES string of the molecule is C[C@H](c1ccc2nnc(-c3ccc4cccc(C5CC5)c4n3)n2c1)N1CC[C@@](C)(N)C1. The van der Waals surface area contributed by atoms with Crippen LogP contribution in [0.15, 0.2) is 48.7 Å². The fourth-order valence-electron chi connectivity index (χ4n) is 4.91. The van der Waals surface area contributed by atoms with Gasteiger partial charge in [0.15, 0.2) is 11.5 Å². The summed E-state index contributed by atoms with van der Waals surface area (Å²) < 4.78 is 2.08. The zero-order chi connectivity index (χ0) is 21.2. The molecule has 1 saturated heterocycles. The lowest BCUT2D eigenvalue weighted by molar-refractivity contribution is 0.248. The minimum atomic E-state index is -0.103. The number of para-hydroxylation sites is 1. The number of pyridine rings is 2. The Bertz CT molecular complexity index is 1290. The third-order valence-electron chi connectivity index (χ3n) is 6.99. The van der Waals surface area contributed by atoms with Gasteiger partial charge in [-0.15, -0.1) is 10.2 Å². The fourth-order valence-corrected chi connectivity index (χ4v) is 4.91. The first-order chi connectivity index (χ1) is 15.0. The fraction of sp³-hybridized carbons (Fsp3) is 0.400. The van der Waals surface area contributed by atoms with E-state index in [0.717, 1.165) is 42.2 Å². The number of hydrogen-bond donors (Lipinski definition) is 1. The Balaban J connectivity index is 1.41. The highest BCUT2D eigenvalue weighted by Gasteiger charge is 2.33. The van der Waals surface area contributed by atoms with Crippen molar-refractivity contribution in [2.24, 2.45) is 5.73 Å². The minimum Gasteiger partial charge on any atom is -0.324 e. The van der Waals surface area contributed by atoms with Crippen LogP contribution in [-0.2, 0) is 0 Å². The van der Waals surface area contributed by atoms with Crippen LogP contribution in [0.4, 0.5) is 0 Å². The standard InChI is InChI=1S/C25H28N6/c1-16(30-13-12-25(2,26)15-30)19-9-11-22-28-29-24(31(22)14-19)21-10-8-18-4-3-5-20(17-6-7-17)23(18)27-21/h3-5,8-11,14,16-17H,6-7,12-13,15,26H2,1-2H3/t16-,25-/m1/s1. The maximum Gasteiger partial charge on any atom is 0.187 e. The highest BCUT2D eigenvalue weighted by molar-refractivity contribution is 5.84. The first-order valence-electron chi connectivity index (χ1n) is 11.3. The molecule has 3 aromatic heterocycles. The largest absolute Gasteiger partial charge is 0.324 e. The van der Waals surface area contributed by atoms with Crippen molar-refractivity contribution in [2.45, 2.75) is 50.6 Å². The van der Waals surface area contributed by atoms with Crippen molar-refractivity contribution < 1.29 is 0 Å². The van der Waals surface area contributed by atoms with Crippen LogP contribution < -0.4 is 5.73 Å². The summed E-state index contributed by atoms with van der Waals surface area (Å²) in [7, 11) is 0. The molecule has 1 aliphatic carbocycles. The molecule has 2 N–H and O–H groups in total. The van der Waals surface area contributed by atoms with Gasteiger partial charge in [0.25, 0.3) is 0 Å². The molecule has 2 aliphatic rings. The molecule has 1 aliphatic heterocycles. The zero-order valence-electron chi connectivity index (χ0n) is 18.1. The Morgan fingerprint density at radius 3 is 2.74 bits per heavy atom. The summed E-state index contributed by atoms with van der Waals surface area (Å²) in [5.74, 6) is 1.45. The van der Waals surface area contributed by atoms with Crippen molar-refractivity contribution in [3.05, 3.63) is 59.8 Å². The molecular weight excluding hydrogens is 384 g/mol. The molecule has 4 heterocycles. The van der Waals surface area contributed by atoms with Gasteiger partial charge < -0.3 is 5.73 Å². The highest BCUT2D eigenvalue weighted by Crippen LogP contribution is 2.42. The monoisotopic (exact) mass is 412 g/mol. The molecule has 6 heteroatoms. The lowest BCUT2D eigenvalue weighted by Gasteiger charge is -2.26. The third kappa shape index (κ3) is 3.30. The molecular formula is C25H28N6. The van der Waals surface area contributed by atoms with Crippen molar-refractivity contribution in [3.63, 3.8) is 0 Å². The van der Waals surface area contributed by atoms with Crippen LogP contribution in [0.5, 0.6) is 0 Å². The van der Waals surface area contributed by atoms with E-state index in [2.05, 4.69) is 82.0 Å². The summed E-state index contributed by atoms with van der Waals surface area (Å²) in [5.41, 5.74) is 11.7. The predicted molar refractivity (Wildman–Crippen MR) is 123 cm³/mol. The van der Waals surface area contributed by atoms with Crippen molar-refractivity contribution in [1.82, 2.24) is 24.5 Å². The first kappa shape index (κ1) is 18.9. The molecule has 158 valence electrons. The summed E-state index contributed by atoms with van der Waals surface area (Å²) in [6.07, 6.45) is 5.72. The Morgan fingerprint density at radius 2 is 1.97 bits per heavy atom. The molecule has 0 amide bonds. The molecule has 4 aromatic rings. The molecule has 2 fully saturated rings. The van der Waals surface area contributed by atoms with Crippen LogP contribution >= 0.6 is 0 Å². The number of nitrogens with zero attached hydrogens (tertiary/aromatic N) is 5. The molecule has 2 atom stereocenters. The average molecular weight is 413 g/mol. The summed E-state index contributed by atoms with van der Waals surface area (Å²) in [4.78, 5) is 7.51. The summed E-state index contributed by atoms with van der Waals surface area (Å²) in [6.45, 7) is 6.33. The Hall–Kier alpha value is -2.83. The number of aromatic nitrogens is 4. The Kier molecular flexibility index (Phi) is 4.17. The van der Waals surface area contributed by atoms with E-state index in [-0.39, 0.29) is 11.6 Å². The van der Waals surface area contributed by atoms with E-state index in [1.807, 2.05) is 0 Å². The van der Waals surface area contributed by atoms with Crippen molar-refractivity contribution >= 4 is 16.6 Å². The van der Waals surface area contributed by atoms with Crippen LogP contribution in [0, 0.1) is 0 Å². The molecule has 31 heavy (non-hydrogen) atoms. The van der Waals surface area contributed by atoms with Crippen LogP contribution in [0.2, 0.25) is 0 Å². The van der Waals surface area contributed by atoms with Crippen LogP contribution in [-0.4, -0.2) is 43.1 Å². The smallest absolute Gasteiger partial charge is 0.187 e. The van der Waals surface area contributed by atoms with Crippen molar-refractivity contribution in [2.75, 3.05) is 13.1 Å². The van der Waals surface area contributed by atoms with Gasteiger partial charge in [-0.05, 0) is 62.3 Å². The van der Waals surface area contributed by atoms with Gasteiger partial charge in [0.2, 0.25) is 0 Å². The van der Waals surface area contributed by atoms with E-state index in [9.17, 15) is 0 Å². The lowest BCUT2D eigenvalue weighted by atomic mass is 10.0. The molecule has 0 radical (unpaired) electrons. The molecule has 0 unspecified atom stereocenters. The minimum absolute atomic E-state index is 0.103. The van der Waals surface area contributed by atoms with Gasteiger partial charge in [-0.2, -0.15) is 0 Å². The predicted octanol–water partition coefficient (Wildman–Crippen LogP) is 4.31. The van der Waals surface area contributed by atoms with Crippen LogP contribution in [0.3, 0.4) is 0 Å². The number of hydrogen-bond acceptors (Lipinski definition) is 5. The average Bonchev–Trinajstić information content (AvgIpc) is 3.43. The van der Waals surface area contributed by atoms with Gasteiger partial charge in [-0.3, -0.25) is 9.30 Å². The maximum atomic E-state index is 6.37. The summed E-state index contributed by atoms with van der Waals surface area (Å²) in [6, 6.07) is 15.2. The summed E-state index contributed by atoms with van der Waals surface area (Å²) >= 11 is 0. The van der Waals surface area contributed by atoms with Crippen LogP contribution in [0.25, 0.3) is 28.1 Å². The topological polar surface area (TPSA) is 72.3 Å². The van der Waals surface area contributed by atoms with Gasteiger partial charge in [0.05, 0.1) is 5.52 Å². The van der Waals surface area contributed by atoms with E-state index < -0.39 is 0 Å². The lowest BCUT2D eigenvalue weighted by Crippen LogP contribution is -2.39. The number of likely N-dealkylation sites (tertiary alicyclic amines) is 1. The van der Waals surface area contributed by atoms with Crippen molar-refractivity contribution in [1.29, 1.82) is 0 Å². The van der Waals surface area contributed by atoms with E-state index >= 15 is 0 Å². The second-order valence-corrected chi connectivity index (χ2v) is 9.65. The quantitative estimate of drug-likeness (QED) is 0.541. The summed E-state index contributed by atoms with van der Waals surface area (Å²) in [5, 5.41) is 10.1. The van der Waals surface area contributed by atoms with Gasteiger partial charge in [-0.25, -0.2) is 4.98 Å².